The molecule has 1 aromatic heterocycles. The van der Waals surface area contributed by atoms with E-state index in [9.17, 15) is 19.2 Å². The summed E-state index contributed by atoms with van der Waals surface area (Å²) in [5.74, 6) is -1.29. The second-order valence-electron chi connectivity index (χ2n) is 15.6. The zero-order chi connectivity index (χ0) is 41.6. The van der Waals surface area contributed by atoms with Crippen LogP contribution in [0.2, 0.25) is 0 Å². The molecule has 6 aromatic rings. The number of ether oxygens (including phenoxy) is 4. The maximum Gasteiger partial charge on any atom is 0.314 e. The van der Waals surface area contributed by atoms with Crippen molar-refractivity contribution >= 4 is 67.5 Å². The Morgan fingerprint density at radius 1 is 0.600 bits per heavy atom. The minimum absolute atomic E-state index is 0.277. The molecule has 60 heavy (non-hydrogen) atoms. The molecule has 12 heteroatoms. The van der Waals surface area contributed by atoms with Gasteiger partial charge in [-0.05, 0) is 108 Å². The quantitative estimate of drug-likeness (QED) is 0.0581. The SMILES string of the molecule is Cc1ccc(OC(=O)C2CCC(C(=O)Oc3cc(/C=N/Nc4nc5ccccc5s4)c(OC(=O)C4CCC(C(=O)Oc5ccc(C)cc5)CC4)c4ccccc34)CC2)cc1. The number of nitrogens with zero attached hydrogens (tertiary/aromatic N) is 2. The number of carbonyl (C=O) groups excluding carboxylic acids is 4. The summed E-state index contributed by atoms with van der Waals surface area (Å²) in [5, 5.41) is 6.21. The summed E-state index contributed by atoms with van der Waals surface area (Å²) in [6, 6.07) is 31.4. The van der Waals surface area contributed by atoms with Crippen molar-refractivity contribution in [3.05, 3.63) is 120 Å². The Bertz CT molecular complexity index is 2520. The van der Waals surface area contributed by atoms with E-state index >= 15 is 0 Å². The molecule has 2 aliphatic carbocycles. The molecule has 11 nitrogen and oxygen atoms in total. The van der Waals surface area contributed by atoms with Crippen molar-refractivity contribution in [2.45, 2.75) is 65.2 Å². The molecule has 306 valence electrons. The predicted octanol–water partition coefficient (Wildman–Crippen LogP) is 10.1. The molecular weight excluding hydrogens is 779 g/mol. The van der Waals surface area contributed by atoms with Gasteiger partial charge in [0.1, 0.15) is 23.0 Å². The third-order valence-corrected chi connectivity index (χ3v) is 12.3. The maximum absolute atomic E-state index is 13.9. The van der Waals surface area contributed by atoms with Crippen LogP contribution in [0.1, 0.15) is 68.1 Å². The molecule has 0 aliphatic heterocycles. The first-order valence-electron chi connectivity index (χ1n) is 20.4. The lowest BCUT2D eigenvalue weighted by molar-refractivity contribution is -0.145. The van der Waals surface area contributed by atoms with Crippen LogP contribution >= 0.6 is 11.3 Å². The Hall–Kier alpha value is -6.40. The van der Waals surface area contributed by atoms with Crippen LogP contribution in [0.5, 0.6) is 23.0 Å². The molecular formula is C48H45N3O8S. The van der Waals surface area contributed by atoms with Crippen molar-refractivity contribution in [2.75, 3.05) is 5.43 Å². The number of thiazole rings is 1. The Morgan fingerprint density at radius 2 is 1.07 bits per heavy atom. The number of fused-ring (bicyclic) bond motifs is 2. The Morgan fingerprint density at radius 3 is 1.60 bits per heavy atom. The Balaban J connectivity index is 0.982. The van der Waals surface area contributed by atoms with Gasteiger partial charge in [0.25, 0.3) is 0 Å². The summed E-state index contributed by atoms with van der Waals surface area (Å²) in [6.07, 6.45) is 5.42. The normalized spacial score (nSPS) is 19.2. The number of anilines is 1. The third kappa shape index (κ3) is 9.55. The van der Waals surface area contributed by atoms with Gasteiger partial charge in [-0.25, -0.2) is 4.98 Å². The van der Waals surface area contributed by atoms with E-state index in [1.807, 2.05) is 86.6 Å². The van der Waals surface area contributed by atoms with Gasteiger partial charge in [-0.3, -0.25) is 24.6 Å². The summed E-state index contributed by atoms with van der Waals surface area (Å²) in [7, 11) is 0. The monoisotopic (exact) mass is 823 g/mol. The van der Waals surface area contributed by atoms with Crippen LogP contribution in [0, 0.1) is 37.5 Å². The zero-order valence-electron chi connectivity index (χ0n) is 33.4. The molecule has 0 bridgehead atoms. The van der Waals surface area contributed by atoms with Gasteiger partial charge in [0.2, 0.25) is 5.13 Å². The lowest BCUT2D eigenvalue weighted by Gasteiger charge is -2.27. The van der Waals surface area contributed by atoms with E-state index in [4.69, 9.17) is 18.9 Å². The summed E-state index contributed by atoms with van der Waals surface area (Å²) in [4.78, 5) is 58.1. The van der Waals surface area contributed by atoms with Crippen molar-refractivity contribution in [1.29, 1.82) is 0 Å². The predicted molar refractivity (Wildman–Crippen MR) is 231 cm³/mol. The minimum atomic E-state index is -0.431. The first-order chi connectivity index (χ1) is 29.2. The van der Waals surface area contributed by atoms with Crippen LogP contribution in [0.15, 0.2) is 108 Å². The molecule has 2 fully saturated rings. The highest BCUT2D eigenvalue weighted by Crippen LogP contribution is 2.40. The van der Waals surface area contributed by atoms with Gasteiger partial charge in [0.15, 0.2) is 0 Å². The number of rotatable bonds is 11. The van der Waals surface area contributed by atoms with Gasteiger partial charge in [-0.2, -0.15) is 5.10 Å². The molecule has 8 rings (SSSR count). The lowest BCUT2D eigenvalue weighted by atomic mass is 9.82. The second kappa shape index (κ2) is 18.3. The number of aromatic nitrogens is 1. The van der Waals surface area contributed by atoms with Crippen molar-refractivity contribution in [3.63, 3.8) is 0 Å². The number of aryl methyl sites for hydroxylation is 2. The van der Waals surface area contributed by atoms with Crippen LogP contribution in [0.3, 0.4) is 0 Å². The first kappa shape index (κ1) is 40.4. The van der Waals surface area contributed by atoms with Crippen molar-refractivity contribution in [3.8, 4) is 23.0 Å². The fourth-order valence-corrected chi connectivity index (χ4v) is 8.64. The van der Waals surface area contributed by atoms with Gasteiger partial charge in [-0.15, -0.1) is 0 Å². The van der Waals surface area contributed by atoms with Crippen LogP contribution < -0.4 is 24.4 Å². The molecule has 0 atom stereocenters. The molecule has 0 spiro atoms. The number of carbonyl (C=O) groups is 4. The van der Waals surface area contributed by atoms with Crippen LogP contribution in [0.4, 0.5) is 5.13 Å². The van der Waals surface area contributed by atoms with E-state index < -0.39 is 23.8 Å². The van der Waals surface area contributed by atoms with Gasteiger partial charge >= 0.3 is 23.9 Å². The first-order valence-corrected chi connectivity index (χ1v) is 21.2. The number of hydrogen-bond donors (Lipinski definition) is 1. The molecule has 0 unspecified atom stereocenters. The van der Waals surface area contributed by atoms with Crippen LogP contribution in [-0.2, 0) is 19.2 Å². The van der Waals surface area contributed by atoms with Crippen molar-refractivity contribution in [1.82, 2.24) is 4.98 Å². The molecule has 1 N–H and O–H groups in total. The smallest absolute Gasteiger partial charge is 0.314 e. The van der Waals surface area contributed by atoms with Gasteiger partial charge in [0.05, 0.1) is 40.1 Å². The molecule has 1 heterocycles. The molecule has 0 amide bonds. The fourth-order valence-electron chi connectivity index (χ4n) is 7.82. The van der Waals surface area contributed by atoms with E-state index in [-0.39, 0.29) is 29.5 Å². The highest BCUT2D eigenvalue weighted by atomic mass is 32.1. The van der Waals surface area contributed by atoms with Gasteiger partial charge in [-0.1, -0.05) is 83.1 Å². The molecule has 0 radical (unpaired) electrons. The van der Waals surface area contributed by atoms with Crippen molar-refractivity contribution in [2.24, 2.45) is 28.8 Å². The highest BCUT2D eigenvalue weighted by Gasteiger charge is 2.34. The number of hydrazone groups is 1. The third-order valence-electron chi connectivity index (χ3n) is 11.3. The topological polar surface area (TPSA) is 142 Å². The Kier molecular flexibility index (Phi) is 12.3. The average Bonchev–Trinajstić information content (AvgIpc) is 3.69. The number of esters is 4. The van der Waals surface area contributed by atoms with Crippen molar-refractivity contribution < 1.29 is 38.1 Å². The van der Waals surface area contributed by atoms with E-state index in [1.54, 1.807) is 30.3 Å². The molecule has 2 aliphatic rings. The summed E-state index contributed by atoms with van der Waals surface area (Å²) in [5.41, 5.74) is 6.40. The van der Waals surface area contributed by atoms with E-state index in [2.05, 4.69) is 15.5 Å². The summed E-state index contributed by atoms with van der Waals surface area (Å²) >= 11 is 1.45. The summed E-state index contributed by atoms with van der Waals surface area (Å²) < 4.78 is 24.6. The standard InChI is InChI=1S/C48H45N3O8S/c1-29-11-23-36(24-12-29)56-44(52)31-15-19-33(20-16-31)46(54)58-41-27-35(28-49-51-48-50-40-9-5-6-10-42(40)60-48)43(39-8-4-3-7-38(39)41)59-47(55)34-21-17-32(18-22-34)45(53)57-37-25-13-30(2)14-26-37/h3-14,23-28,31-34H,15-22H2,1-2H3,(H,50,51)/b49-28+. The number of nitrogens with one attached hydrogen (secondary N) is 1. The number of benzene rings is 5. The number of hydrogen-bond acceptors (Lipinski definition) is 12. The average molecular weight is 824 g/mol. The van der Waals surface area contributed by atoms with Crippen LogP contribution in [0.25, 0.3) is 21.0 Å². The molecule has 5 aromatic carbocycles. The van der Waals surface area contributed by atoms with Gasteiger partial charge in [0, 0.05) is 16.3 Å². The maximum atomic E-state index is 13.9. The van der Waals surface area contributed by atoms with E-state index in [1.165, 1.54) is 17.6 Å². The van der Waals surface area contributed by atoms with E-state index in [0.717, 1.165) is 21.3 Å². The van der Waals surface area contributed by atoms with Crippen LogP contribution in [-0.4, -0.2) is 35.1 Å². The zero-order valence-corrected chi connectivity index (χ0v) is 34.2. The number of para-hydroxylation sites is 1. The Labute approximate surface area is 351 Å². The molecule has 2 saturated carbocycles. The molecule has 0 saturated heterocycles. The van der Waals surface area contributed by atoms with Gasteiger partial charge < -0.3 is 18.9 Å². The minimum Gasteiger partial charge on any atom is -0.426 e. The van der Waals surface area contributed by atoms with E-state index in [0.29, 0.717) is 90.1 Å². The largest absolute Gasteiger partial charge is 0.426 e. The summed E-state index contributed by atoms with van der Waals surface area (Å²) in [6.45, 7) is 3.94. The fraction of sp³-hybridized carbons (Fsp3) is 0.292. The second-order valence-corrected chi connectivity index (χ2v) is 16.6. The highest BCUT2D eigenvalue weighted by molar-refractivity contribution is 7.22. The lowest BCUT2D eigenvalue weighted by Crippen LogP contribution is -2.31.